The molecule has 5 unspecified atom stereocenters. The number of nitrogens with one attached hydrogen (secondary N) is 1. The second kappa shape index (κ2) is 7.40. The van der Waals surface area contributed by atoms with Gasteiger partial charge in [0.15, 0.2) is 0 Å². The fraction of sp³-hybridized carbons (Fsp3) is 0.370. The van der Waals surface area contributed by atoms with Crippen LogP contribution in [0.1, 0.15) is 5.56 Å². The Morgan fingerprint density at radius 1 is 0.871 bits per heavy atom. The van der Waals surface area contributed by atoms with Gasteiger partial charge in [-0.25, -0.2) is 0 Å². The Bertz CT molecular complexity index is 998. The van der Waals surface area contributed by atoms with Crippen LogP contribution in [0.15, 0.2) is 90.0 Å². The zero-order chi connectivity index (χ0) is 21.0. The molecule has 0 amide bonds. The van der Waals surface area contributed by atoms with Crippen LogP contribution in [0.4, 0.5) is 0 Å². The standard InChI is InChI=1S/C27H31N3Si/c1-31(2,26-23-14-8-6-12-21(23)22-13-7-9-15-24(22)26)30-18-29-25-20(16-17-28-27(25)30)19-10-4-3-5-11-19/h3-17,21-27,29H,18H2,1-2H3/t21?,22?,23?,24?,25?,26?,27-/m0/s1. The summed E-state index contributed by atoms with van der Waals surface area (Å²) in [5.74, 6) is 2.53. The molecule has 2 fully saturated rings. The first kappa shape index (κ1) is 19.4. The molecule has 1 saturated carbocycles. The van der Waals surface area contributed by atoms with Crippen LogP contribution in [-0.4, -0.2) is 37.9 Å². The minimum absolute atomic E-state index is 0.200. The second-order valence-corrected chi connectivity index (χ2v) is 14.6. The summed E-state index contributed by atoms with van der Waals surface area (Å²) in [5.41, 5.74) is 3.36. The third-order valence-corrected chi connectivity index (χ3v) is 12.6. The smallest absolute Gasteiger partial charge is 0.130 e. The van der Waals surface area contributed by atoms with E-state index in [4.69, 9.17) is 4.99 Å². The molecule has 0 radical (unpaired) electrons. The molecule has 158 valence electrons. The van der Waals surface area contributed by atoms with E-state index in [9.17, 15) is 0 Å². The molecule has 1 aromatic carbocycles. The molecule has 5 aliphatic rings. The van der Waals surface area contributed by atoms with E-state index in [1.54, 1.807) is 0 Å². The number of aliphatic imine (C=N–C) groups is 1. The third kappa shape index (κ3) is 2.96. The highest BCUT2D eigenvalue weighted by atomic mass is 28.3. The Morgan fingerprint density at radius 2 is 1.48 bits per heavy atom. The first-order valence-corrected chi connectivity index (χ1v) is 14.7. The topological polar surface area (TPSA) is 27.6 Å². The number of dihydropyridines is 1. The van der Waals surface area contributed by atoms with Crippen molar-refractivity contribution < 1.29 is 0 Å². The summed E-state index contributed by atoms with van der Waals surface area (Å²) in [6, 6.07) is 11.1. The van der Waals surface area contributed by atoms with E-state index in [1.807, 2.05) is 6.21 Å². The average Bonchev–Trinajstić information content (AvgIpc) is 3.40. The monoisotopic (exact) mass is 425 g/mol. The first-order chi connectivity index (χ1) is 15.2. The Balaban J connectivity index is 1.33. The van der Waals surface area contributed by atoms with Crippen molar-refractivity contribution in [1.29, 1.82) is 0 Å². The molecule has 6 atom stereocenters. The largest absolute Gasteiger partial charge is 0.295 e. The normalized spacial score (nSPS) is 38.1. The Labute approximate surface area is 186 Å². The van der Waals surface area contributed by atoms with E-state index in [1.165, 1.54) is 11.1 Å². The van der Waals surface area contributed by atoms with Crippen molar-refractivity contribution in [3.8, 4) is 0 Å². The zero-order valence-electron chi connectivity index (χ0n) is 18.3. The minimum atomic E-state index is -1.83. The lowest BCUT2D eigenvalue weighted by atomic mass is 9.83. The van der Waals surface area contributed by atoms with E-state index in [0.29, 0.717) is 29.2 Å². The molecular weight excluding hydrogens is 394 g/mol. The molecule has 2 aliphatic heterocycles. The molecule has 0 bridgehead atoms. The molecule has 3 aliphatic carbocycles. The van der Waals surface area contributed by atoms with E-state index < -0.39 is 8.24 Å². The molecule has 1 saturated heterocycles. The summed E-state index contributed by atoms with van der Waals surface area (Å²) in [4.78, 5) is 5.03. The van der Waals surface area contributed by atoms with Gasteiger partial charge in [-0.15, -0.1) is 0 Å². The van der Waals surface area contributed by atoms with Crippen molar-refractivity contribution in [3.05, 3.63) is 90.6 Å². The molecule has 6 rings (SSSR count). The van der Waals surface area contributed by atoms with Crippen molar-refractivity contribution in [2.45, 2.75) is 30.8 Å². The summed E-state index contributed by atoms with van der Waals surface area (Å²) in [6.07, 6.45) is 23.5. The predicted molar refractivity (Wildman–Crippen MR) is 132 cm³/mol. The maximum Gasteiger partial charge on any atom is 0.130 e. The fourth-order valence-corrected chi connectivity index (χ4v) is 11.3. The van der Waals surface area contributed by atoms with Gasteiger partial charge in [0.1, 0.15) is 14.4 Å². The summed E-state index contributed by atoms with van der Waals surface area (Å²) in [5, 5.41) is 3.85. The van der Waals surface area contributed by atoms with Gasteiger partial charge in [-0.1, -0.05) is 92.0 Å². The lowest BCUT2D eigenvalue weighted by molar-refractivity contribution is 0.374. The summed E-state index contributed by atoms with van der Waals surface area (Å²) in [6.45, 7) is 6.12. The van der Waals surface area contributed by atoms with Gasteiger partial charge in [0.25, 0.3) is 0 Å². The van der Waals surface area contributed by atoms with E-state index in [0.717, 1.165) is 6.67 Å². The maximum atomic E-state index is 5.03. The molecule has 0 aromatic heterocycles. The quantitative estimate of drug-likeness (QED) is 0.689. The Kier molecular flexibility index (Phi) is 4.64. The molecule has 0 spiro atoms. The van der Waals surface area contributed by atoms with E-state index >= 15 is 0 Å². The minimum Gasteiger partial charge on any atom is -0.295 e. The number of allylic oxidation sites excluding steroid dienone is 9. The lowest BCUT2D eigenvalue weighted by Crippen LogP contribution is -2.57. The number of hydrogen-bond acceptors (Lipinski definition) is 3. The Hall–Kier alpha value is -2.27. The van der Waals surface area contributed by atoms with E-state index in [-0.39, 0.29) is 12.2 Å². The van der Waals surface area contributed by atoms with Gasteiger partial charge in [-0.05, 0) is 46.4 Å². The average molecular weight is 426 g/mol. The fourth-order valence-electron chi connectivity index (χ4n) is 6.94. The van der Waals surface area contributed by atoms with Gasteiger partial charge in [0, 0.05) is 12.9 Å². The molecule has 1 aromatic rings. The van der Waals surface area contributed by atoms with Crippen LogP contribution < -0.4 is 5.32 Å². The first-order valence-electron chi connectivity index (χ1n) is 11.7. The van der Waals surface area contributed by atoms with Crippen molar-refractivity contribution in [2.24, 2.45) is 28.7 Å². The molecule has 4 heteroatoms. The van der Waals surface area contributed by atoms with Crippen LogP contribution >= 0.6 is 0 Å². The van der Waals surface area contributed by atoms with Crippen molar-refractivity contribution in [2.75, 3.05) is 6.67 Å². The van der Waals surface area contributed by atoms with Crippen molar-refractivity contribution in [1.82, 2.24) is 9.88 Å². The number of fused-ring (bicyclic) bond motifs is 4. The van der Waals surface area contributed by atoms with Crippen LogP contribution in [0.5, 0.6) is 0 Å². The van der Waals surface area contributed by atoms with Crippen LogP contribution in [-0.2, 0) is 0 Å². The van der Waals surface area contributed by atoms with Gasteiger partial charge >= 0.3 is 0 Å². The lowest BCUT2D eigenvalue weighted by Gasteiger charge is -2.45. The number of hydrogen-bond donors (Lipinski definition) is 1. The molecule has 1 N–H and O–H groups in total. The van der Waals surface area contributed by atoms with E-state index in [2.05, 4.69) is 108 Å². The van der Waals surface area contributed by atoms with Crippen LogP contribution in [0.2, 0.25) is 18.6 Å². The van der Waals surface area contributed by atoms with Crippen LogP contribution in [0, 0.1) is 23.7 Å². The third-order valence-electron chi connectivity index (χ3n) is 8.31. The summed E-state index contributed by atoms with van der Waals surface area (Å²) >= 11 is 0. The summed E-state index contributed by atoms with van der Waals surface area (Å²) in [7, 11) is -1.83. The molecule has 3 nitrogen and oxygen atoms in total. The van der Waals surface area contributed by atoms with Gasteiger partial charge in [-0.3, -0.25) is 14.9 Å². The molecule has 31 heavy (non-hydrogen) atoms. The molecule has 2 heterocycles. The Morgan fingerprint density at radius 3 is 2.13 bits per heavy atom. The zero-order valence-corrected chi connectivity index (χ0v) is 19.3. The number of rotatable bonds is 3. The second-order valence-electron chi connectivity index (χ2n) is 10.0. The van der Waals surface area contributed by atoms with Crippen molar-refractivity contribution in [3.63, 3.8) is 0 Å². The predicted octanol–water partition coefficient (Wildman–Crippen LogP) is 5.02. The highest BCUT2D eigenvalue weighted by molar-refractivity contribution is 6.76. The highest BCUT2D eigenvalue weighted by Crippen LogP contribution is 2.58. The van der Waals surface area contributed by atoms with Crippen LogP contribution in [0.25, 0.3) is 5.57 Å². The van der Waals surface area contributed by atoms with Gasteiger partial charge in [0.2, 0.25) is 0 Å². The van der Waals surface area contributed by atoms with Crippen LogP contribution in [0.3, 0.4) is 0 Å². The highest BCUT2D eigenvalue weighted by Gasteiger charge is 2.58. The molecular formula is C27H31N3Si. The maximum absolute atomic E-state index is 5.03. The number of benzene rings is 1. The van der Waals surface area contributed by atoms with Gasteiger partial charge < -0.3 is 0 Å². The van der Waals surface area contributed by atoms with Gasteiger partial charge in [-0.2, -0.15) is 0 Å². The summed E-state index contributed by atoms with van der Waals surface area (Å²) < 4.78 is 2.77. The van der Waals surface area contributed by atoms with Gasteiger partial charge in [0.05, 0.1) is 6.04 Å². The van der Waals surface area contributed by atoms with Crippen molar-refractivity contribution >= 4 is 20.0 Å². The SMILES string of the molecule is C[Si](C)(C1C2C=CC=CC2C2C=CC=CC21)N1CNC2C(c3ccccc3)=CC=N[C@H]21. The number of nitrogens with zero attached hydrogens (tertiary/aromatic N) is 2.